The van der Waals surface area contributed by atoms with Crippen LogP contribution in [0.5, 0.6) is 0 Å². The fraction of sp³-hybridized carbons (Fsp3) is 0.571. The third kappa shape index (κ3) is 5.02. The van der Waals surface area contributed by atoms with Gasteiger partial charge in [0, 0.05) is 30.5 Å². The lowest BCUT2D eigenvalue weighted by molar-refractivity contribution is -0.143. The van der Waals surface area contributed by atoms with Crippen LogP contribution in [0.4, 0.5) is 0 Å². The SMILES string of the molecule is CCOC(=O)CCN(C)C(=O)Cc1c(C)nc(=O)[nH]c1C. The van der Waals surface area contributed by atoms with Crippen LogP contribution >= 0.6 is 0 Å². The summed E-state index contributed by atoms with van der Waals surface area (Å²) >= 11 is 0. The van der Waals surface area contributed by atoms with Gasteiger partial charge in [-0.1, -0.05) is 0 Å². The Morgan fingerprint density at radius 1 is 1.33 bits per heavy atom. The molecule has 116 valence electrons. The lowest BCUT2D eigenvalue weighted by atomic mass is 10.1. The highest BCUT2D eigenvalue weighted by Gasteiger charge is 2.15. The molecular weight excluding hydrogens is 274 g/mol. The second-order valence-corrected chi connectivity index (χ2v) is 4.78. The second-order valence-electron chi connectivity index (χ2n) is 4.78. The zero-order chi connectivity index (χ0) is 16.0. The predicted octanol–water partition coefficient (Wildman–Crippen LogP) is 0.341. The van der Waals surface area contributed by atoms with E-state index in [2.05, 4.69) is 9.97 Å². The quantitative estimate of drug-likeness (QED) is 0.764. The molecule has 0 saturated carbocycles. The number of ether oxygens (including phenoxy) is 1. The van der Waals surface area contributed by atoms with Crippen LogP contribution in [0.1, 0.15) is 30.3 Å². The number of aromatic nitrogens is 2. The number of H-pyrrole nitrogens is 1. The first-order valence-corrected chi connectivity index (χ1v) is 6.81. The van der Waals surface area contributed by atoms with E-state index in [4.69, 9.17) is 4.74 Å². The van der Waals surface area contributed by atoms with E-state index >= 15 is 0 Å². The molecule has 0 saturated heterocycles. The lowest BCUT2D eigenvalue weighted by Gasteiger charge is -2.17. The van der Waals surface area contributed by atoms with E-state index < -0.39 is 5.69 Å². The maximum atomic E-state index is 12.1. The summed E-state index contributed by atoms with van der Waals surface area (Å²) in [5.41, 5.74) is 1.47. The van der Waals surface area contributed by atoms with Crippen molar-refractivity contribution in [2.75, 3.05) is 20.2 Å². The molecule has 0 unspecified atom stereocenters. The molecule has 1 aromatic heterocycles. The maximum absolute atomic E-state index is 12.1. The van der Waals surface area contributed by atoms with Gasteiger partial charge in [0.05, 0.1) is 19.4 Å². The average molecular weight is 295 g/mol. The predicted molar refractivity (Wildman–Crippen MR) is 76.9 cm³/mol. The summed E-state index contributed by atoms with van der Waals surface area (Å²) < 4.78 is 4.82. The van der Waals surface area contributed by atoms with Crippen molar-refractivity contribution in [3.63, 3.8) is 0 Å². The van der Waals surface area contributed by atoms with Crippen molar-refractivity contribution < 1.29 is 14.3 Å². The number of carbonyl (C=O) groups excluding carboxylic acids is 2. The molecule has 0 aliphatic carbocycles. The van der Waals surface area contributed by atoms with Crippen LogP contribution in [-0.2, 0) is 20.7 Å². The third-order valence-electron chi connectivity index (χ3n) is 3.16. The molecule has 0 aliphatic heterocycles. The second kappa shape index (κ2) is 7.56. The van der Waals surface area contributed by atoms with Crippen LogP contribution in [0.25, 0.3) is 0 Å². The van der Waals surface area contributed by atoms with Crippen molar-refractivity contribution in [2.45, 2.75) is 33.6 Å². The van der Waals surface area contributed by atoms with Gasteiger partial charge in [0.1, 0.15) is 0 Å². The molecular formula is C14H21N3O4. The van der Waals surface area contributed by atoms with Crippen LogP contribution < -0.4 is 5.69 Å². The van der Waals surface area contributed by atoms with E-state index in [1.807, 2.05) is 0 Å². The number of nitrogens with one attached hydrogen (secondary N) is 1. The Morgan fingerprint density at radius 3 is 2.57 bits per heavy atom. The minimum absolute atomic E-state index is 0.139. The molecule has 0 aliphatic rings. The minimum Gasteiger partial charge on any atom is -0.466 e. The summed E-state index contributed by atoms with van der Waals surface area (Å²) in [4.78, 5) is 42.4. The molecule has 1 amide bonds. The molecule has 1 rings (SSSR count). The number of amides is 1. The largest absolute Gasteiger partial charge is 0.466 e. The van der Waals surface area contributed by atoms with E-state index in [-0.39, 0.29) is 24.7 Å². The van der Waals surface area contributed by atoms with Crippen LogP contribution in [0.2, 0.25) is 0 Å². The summed E-state index contributed by atoms with van der Waals surface area (Å²) in [5, 5.41) is 0. The van der Waals surface area contributed by atoms with Crippen molar-refractivity contribution in [1.29, 1.82) is 0 Å². The van der Waals surface area contributed by atoms with Gasteiger partial charge in [0.25, 0.3) is 0 Å². The first-order chi connectivity index (χ1) is 9.85. The summed E-state index contributed by atoms with van der Waals surface area (Å²) in [6, 6.07) is 0. The number of likely N-dealkylation sites (N-methyl/N-ethyl adjacent to an activating group) is 1. The number of hydrogen-bond donors (Lipinski definition) is 1. The van der Waals surface area contributed by atoms with Crippen molar-refractivity contribution in [1.82, 2.24) is 14.9 Å². The molecule has 0 radical (unpaired) electrons. The number of aromatic amines is 1. The summed E-state index contributed by atoms with van der Waals surface area (Å²) in [6.45, 7) is 5.80. The standard InChI is InChI=1S/C14H21N3O4/c1-5-21-13(19)6-7-17(4)12(18)8-11-9(2)15-14(20)16-10(11)3/h5-8H2,1-4H3,(H,15,16,20). The molecule has 1 heterocycles. The molecule has 0 fully saturated rings. The molecule has 0 atom stereocenters. The van der Waals surface area contributed by atoms with Gasteiger partial charge in [0.15, 0.2) is 0 Å². The van der Waals surface area contributed by atoms with Crippen LogP contribution in [0, 0.1) is 13.8 Å². The molecule has 1 N–H and O–H groups in total. The first kappa shape index (κ1) is 16.9. The van der Waals surface area contributed by atoms with Crippen molar-refractivity contribution in [3.8, 4) is 0 Å². The summed E-state index contributed by atoms with van der Waals surface area (Å²) in [5.74, 6) is -0.463. The van der Waals surface area contributed by atoms with E-state index in [0.717, 1.165) is 0 Å². The van der Waals surface area contributed by atoms with Crippen LogP contribution in [0.3, 0.4) is 0 Å². The molecule has 0 spiro atoms. The number of aryl methyl sites for hydroxylation is 2. The first-order valence-electron chi connectivity index (χ1n) is 6.81. The Kier molecular flexibility index (Phi) is 6.08. The third-order valence-corrected chi connectivity index (χ3v) is 3.16. The number of esters is 1. The van der Waals surface area contributed by atoms with Gasteiger partial charge in [-0.05, 0) is 20.8 Å². The van der Waals surface area contributed by atoms with Crippen molar-refractivity contribution in [3.05, 3.63) is 27.4 Å². The number of nitrogens with zero attached hydrogens (tertiary/aromatic N) is 2. The average Bonchev–Trinajstić information content (AvgIpc) is 2.40. The Hall–Kier alpha value is -2.18. The number of hydrogen-bond acceptors (Lipinski definition) is 5. The Morgan fingerprint density at radius 2 is 2.00 bits per heavy atom. The van der Waals surface area contributed by atoms with Crippen molar-refractivity contribution in [2.24, 2.45) is 0 Å². The normalized spacial score (nSPS) is 10.3. The van der Waals surface area contributed by atoms with Gasteiger partial charge in [-0.25, -0.2) is 4.79 Å². The van der Waals surface area contributed by atoms with Gasteiger partial charge in [-0.3, -0.25) is 9.59 Å². The van der Waals surface area contributed by atoms with E-state index in [1.165, 1.54) is 4.90 Å². The fourth-order valence-corrected chi connectivity index (χ4v) is 1.92. The lowest BCUT2D eigenvalue weighted by Crippen LogP contribution is -2.31. The molecule has 7 nitrogen and oxygen atoms in total. The zero-order valence-corrected chi connectivity index (χ0v) is 12.9. The highest BCUT2D eigenvalue weighted by Crippen LogP contribution is 2.09. The van der Waals surface area contributed by atoms with Gasteiger partial charge in [-0.15, -0.1) is 0 Å². The monoisotopic (exact) mass is 295 g/mol. The van der Waals surface area contributed by atoms with Crippen molar-refractivity contribution >= 4 is 11.9 Å². The Balaban J connectivity index is 2.65. The Bertz CT molecular complexity index is 554. The van der Waals surface area contributed by atoms with Gasteiger partial charge < -0.3 is 14.6 Å². The van der Waals surface area contributed by atoms with Gasteiger partial charge in [0.2, 0.25) is 5.91 Å². The molecule has 7 heteroatoms. The number of carbonyl (C=O) groups is 2. The highest BCUT2D eigenvalue weighted by atomic mass is 16.5. The zero-order valence-electron chi connectivity index (χ0n) is 12.9. The Labute approximate surface area is 123 Å². The smallest absolute Gasteiger partial charge is 0.345 e. The number of rotatable bonds is 6. The van der Waals surface area contributed by atoms with Gasteiger partial charge >= 0.3 is 11.7 Å². The molecule has 0 bridgehead atoms. The molecule has 21 heavy (non-hydrogen) atoms. The fourth-order valence-electron chi connectivity index (χ4n) is 1.92. The van der Waals surface area contributed by atoms with Crippen LogP contribution in [0.15, 0.2) is 4.79 Å². The molecule has 0 aromatic carbocycles. The highest BCUT2D eigenvalue weighted by molar-refractivity contribution is 5.79. The summed E-state index contributed by atoms with van der Waals surface area (Å²) in [7, 11) is 1.63. The van der Waals surface area contributed by atoms with E-state index in [1.54, 1.807) is 27.8 Å². The van der Waals surface area contributed by atoms with Gasteiger partial charge in [-0.2, -0.15) is 4.98 Å². The topological polar surface area (TPSA) is 92.4 Å². The molecule has 1 aromatic rings. The minimum atomic E-state index is -0.420. The maximum Gasteiger partial charge on any atom is 0.345 e. The van der Waals surface area contributed by atoms with Crippen LogP contribution in [-0.4, -0.2) is 46.9 Å². The summed E-state index contributed by atoms with van der Waals surface area (Å²) in [6.07, 6.45) is 0.304. The van der Waals surface area contributed by atoms with E-state index in [9.17, 15) is 14.4 Å². The van der Waals surface area contributed by atoms with E-state index in [0.29, 0.717) is 30.1 Å².